The van der Waals surface area contributed by atoms with Crippen molar-refractivity contribution in [2.75, 3.05) is 58.4 Å². The number of thiazole rings is 1. The van der Waals surface area contributed by atoms with Gasteiger partial charge in [-0.3, -0.25) is 19.6 Å². The molecule has 0 aliphatic carbocycles. The number of benzene rings is 1. The average Bonchev–Trinajstić information content (AvgIpc) is 3.74. The topological polar surface area (TPSA) is 131 Å². The number of hydrazine groups is 1. The van der Waals surface area contributed by atoms with Gasteiger partial charge in [-0.15, -0.1) is 11.3 Å². The number of nitrogens with one attached hydrogen (secondary N) is 1. The molecular formula is C39H52N8O4S. The number of nitrogens with two attached hydrogens (primary N) is 1. The normalized spacial score (nSPS) is 22.4. The highest BCUT2D eigenvalue weighted by atomic mass is 32.1. The van der Waals surface area contributed by atoms with Gasteiger partial charge in [-0.2, -0.15) is 0 Å². The van der Waals surface area contributed by atoms with Gasteiger partial charge in [-0.05, 0) is 63.9 Å². The Balaban J connectivity index is 1.40. The number of aryl methyl sites for hydroxylation is 1. The van der Waals surface area contributed by atoms with Gasteiger partial charge in [0.2, 0.25) is 0 Å². The molecule has 4 aromatic rings. The third-order valence-corrected chi connectivity index (χ3v) is 11.7. The number of rotatable bonds is 5. The summed E-state index contributed by atoms with van der Waals surface area (Å²) in [6, 6.07) is 7.47. The third kappa shape index (κ3) is 7.21. The molecule has 6 bridgehead atoms. The summed E-state index contributed by atoms with van der Waals surface area (Å²) in [6.07, 6.45) is 3.98. The summed E-state index contributed by atoms with van der Waals surface area (Å²) in [5, 5.41) is 5.46. The van der Waals surface area contributed by atoms with Crippen molar-refractivity contribution in [2.24, 2.45) is 11.1 Å². The lowest BCUT2D eigenvalue weighted by atomic mass is 9.84. The quantitative estimate of drug-likeness (QED) is 0.277. The monoisotopic (exact) mass is 728 g/mol. The highest BCUT2D eigenvalue weighted by molar-refractivity contribution is 7.10. The van der Waals surface area contributed by atoms with E-state index in [9.17, 15) is 9.59 Å². The Morgan fingerprint density at radius 2 is 1.94 bits per heavy atom. The SMILES string of the molecule is CCn1c(-c2cc(N3CCN(C)CC3)cnc2C(C)OC)c2c3cc(ccc31)-c1csc(n1)CC(N)C(=O)N1CCC[C@H](N1)C(=O)OCC(C)(C)C2. The second kappa shape index (κ2) is 14.9. The molecule has 2 fully saturated rings. The van der Waals surface area contributed by atoms with Crippen LogP contribution in [0.5, 0.6) is 0 Å². The lowest BCUT2D eigenvalue weighted by Gasteiger charge is -2.35. The summed E-state index contributed by atoms with van der Waals surface area (Å²) in [4.78, 5) is 41.7. The third-order valence-electron chi connectivity index (χ3n) is 10.8. The van der Waals surface area contributed by atoms with Crippen molar-refractivity contribution in [3.63, 3.8) is 0 Å². The summed E-state index contributed by atoms with van der Waals surface area (Å²) >= 11 is 1.51. The van der Waals surface area contributed by atoms with E-state index in [4.69, 9.17) is 25.2 Å². The molecule has 3 aliphatic heterocycles. The number of cyclic esters (lactones) is 1. The van der Waals surface area contributed by atoms with Gasteiger partial charge in [-0.25, -0.2) is 10.4 Å². The highest BCUT2D eigenvalue weighted by Gasteiger charge is 2.34. The van der Waals surface area contributed by atoms with Crippen molar-refractivity contribution in [1.29, 1.82) is 0 Å². The molecule has 13 heteroatoms. The van der Waals surface area contributed by atoms with E-state index >= 15 is 0 Å². The Hall–Kier alpha value is -3.88. The van der Waals surface area contributed by atoms with Crippen LogP contribution in [0, 0.1) is 5.41 Å². The van der Waals surface area contributed by atoms with E-state index in [1.165, 1.54) is 21.9 Å². The van der Waals surface area contributed by atoms with Gasteiger partial charge in [0.1, 0.15) is 6.04 Å². The molecule has 52 heavy (non-hydrogen) atoms. The van der Waals surface area contributed by atoms with Gasteiger partial charge in [0.15, 0.2) is 0 Å². The fourth-order valence-corrected chi connectivity index (χ4v) is 8.61. The van der Waals surface area contributed by atoms with Crippen LogP contribution in [0.3, 0.4) is 0 Å². The molecule has 2 unspecified atom stereocenters. The number of carbonyl (C=O) groups is 2. The summed E-state index contributed by atoms with van der Waals surface area (Å²) < 4.78 is 14.4. The number of piperazine rings is 1. The number of ether oxygens (including phenoxy) is 2. The zero-order valence-electron chi connectivity index (χ0n) is 31.3. The summed E-state index contributed by atoms with van der Waals surface area (Å²) in [5.74, 6) is -0.604. The number of methoxy groups -OCH3 is 1. The van der Waals surface area contributed by atoms with Crippen LogP contribution in [0.15, 0.2) is 35.8 Å². The fourth-order valence-electron chi connectivity index (χ4n) is 7.75. The van der Waals surface area contributed by atoms with Gasteiger partial charge in [0.05, 0.1) is 52.7 Å². The molecule has 2 saturated heterocycles. The molecule has 0 spiro atoms. The lowest BCUT2D eigenvalue weighted by molar-refractivity contribution is -0.154. The second-order valence-corrected chi connectivity index (χ2v) is 16.2. The maximum absolute atomic E-state index is 13.5. The molecule has 3 aliphatic rings. The van der Waals surface area contributed by atoms with Gasteiger partial charge < -0.3 is 29.6 Å². The Morgan fingerprint density at radius 1 is 1.15 bits per heavy atom. The first kappa shape index (κ1) is 36.5. The lowest BCUT2D eigenvalue weighted by Crippen LogP contribution is -2.59. The smallest absolute Gasteiger partial charge is 0.324 e. The van der Waals surface area contributed by atoms with E-state index in [2.05, 4.69) is 78.8 Å². The predicted octanol–water partition coefficient (Wildman–Crippen LogP) is 4.80. The zero-order chi connectivity index (χ0) is 36.7. The molecular weight excluding hydrogens is 677 g/mol. The molecule has 3 N–H and O–H groups in total. The Morgan fingerprint density at radius 3 is 2.69 bits per heavy atom. The maximum Gasteiger partial charge on any atom is 0.324 e. The molecule has 6 heterocycles. The van der Waals surface area contributed by atoms with Gasteiger partial charge in [0.25, 0.3) is 5.91 Å². The minimum Gasteiger partial charge on any atom is -0.464 e. The van der Waals surface area contributed by atoms with Crippen LogP contribution in [0.4, 0.5) is 5.69 Å². The zero-order valence-corrected chi connectivity index (χ0v) is 32.1. The van der Waals surface area contributed by atoms with E-state index in [1.807, 2.05) is 11.6 Å². The first-order chi connectivity index (χ1) is 25.0. The minimum absolute atomic E-state index is 0.214. The van der Waals surface area contributed by atoms with Crippen molar-refractivity contribution in [3.05, 3.63) is 52.1 Å². The number of amides is 1. The molecule has 3 aromatic heterocycles. The number of anilines is 1. The second-order valence-electron chi connectivity index (χ2n) is 15.3. The Kier molecular flexibility index (Phi) is 10.4. The molecule has 12 nitrogen and oxygen atoms in total. The number of hydrogen-bond acceptors (Lipinski definition) is 11. The molecule has 3 atom stereocenters. The largest absolute Gasteiger partial charge is 0.464 e. The van der Waals surface area contributed by atoms with Gasteiger partial charge in [0, 0.05) is 85.6 Å². The number of pyridine rings is 1. The molecule has 7 rings (SSSR count). The first-order valence-corrected chi connectivity index (χ1v) is 19.4. The number of hydrogen-bond donors (Lipinski definition) is 2. The van der Waals surface area contributed by atoms with Crippen LogP contribution in [-0.4, -0.2) is 102 Å². The number of carbonyl (C=O) groups excluding carboxylic acids is 2. The molecule has 278 valence electrons. The molecule has 1 amide bonds. The van der Waals surface area contributed by atoms with Crippen molar-refractivity contribution in [3.8, 4) is 22.5 Å². The van der Waals surface area contributed by atoms with Crippen molar-refractivity contribution in [2.45, 2.75) is 78.1 Å². The van der Waals surface area contributed by atoms with Crippen LogP contribution >= 0.6 is 11.3 Å². The van der Waals surface area contributed by atoms with Crippen LogP contribution in [0.1, 0.15) is 62.9 Å². The number of likely N-dealkylation sites (N-methyl/N-ethyl adjacent to an activating group) is 1. The minimum atomic E-state index is -0.784. The van der Waals surface area contributed by atoms with Gasteiger partial charge in [-0.1, -0.05) is 19.9 Å². The van der Waals surface area contributed by atoms with E-state index in [1.54, 1.807) is 7.11 Å². The summed E-state index contributed by atoms with van der Waals surface area (Å²) in [7, 11) is 3.90. The fraction of sp³-hybridized carbons (Fsp3) is 0.538. The van der Waals surface area contributed by atoms with E-state index < -0.39 is 17.5 Å². The van der Waals surface area contributed by atoms with Crippen molar-refractivity contribution < 1.29 is 19.1 Å². The van der Waals surface area contributed by atoms with Crippen LogP contribution in [0.2, 0.25) is 0 Å². The standard InChI is InChI=1S/C39H52N8O4S/c1-7-46-33-11-10-25-17-27(33)29(36(46)28-18-26(21-41-35(28)24(2)50-6)45-15-13-44(5)14-16-45)20-39(3,4)23-51-38(49)31-9-8-12-47(43-31)37(48)30(40)19-34-42-32(25)22-52-34/h10-11,17-18,21-22,24,30-31,43H,7-9,12-16,19-20,23,40H2,1-6H3/t24?,30?,31-/m0/s1. The number of fused-ring (bicyclic) bond motifs is 6. The van der Waals surface area contributed by atoms with Gasteiger partial charge >= 0.3 is 5.97 Å². The molecule has 0 radical (unpaired) electrons. The summed E-state index contributed by atoms with van der Waals surface area (Å²) in [5.41, 5.74) is 17.4. The van der Waals surface area contributed by atoms with Crippen LogP contribution < -0.4 is 16.1 Å². The Labute approximate surface area is 310 Å². The Bertz CT molecular complexity index is 1950. The highest BCUT2D eigenvalue weighted by Crippen LogP contribution is 2.43. The molecule has 0 saturated carbocycles. The van der Waals surface area contributed by atoms with Crippen molar-refractivity contribution >= 4 is 39.8 Å². The molecule has 1 aromatic carbocycles. The number of aromatic nitrogens is 3. The van der Waals surface area contributed by atoms with Crippen LogP contribution in [0.25, 0.3) is 33.4 Å². The maximum atomic E-state index is 13.5. The van der Waals surface area contributed by atoms with E-state index in [0.29, 0.717) is 32.2 Å². The average molecular weight is 729 g/mol. The summed E-state index contributed by atoms with van der Waals surface area (Å²) in [6.45, 7) is 13.8. The predicted molar refractivity (Wildman–Crippen MR) is 205 cm³/mol. The van der Waals surface area contributed by atoms with E-state index in [0.717, 1.165) is 82.5 Å². The van der Waals surface area contributed by atoms with Crippen molar-refractivity contribution in [1.82, 2.24) is 29.9 Å². The van der Waals surface area contributed by atoms with E-state index in [-0.39, 0.29) is 24.6 Å². The number of esters is 1. The van der Waals surface area contributed by atoms with Crippen LogP contribution in [-0.2, 0) is 38.4 Å². The first-order valence-electron chi connectivity index (χ1n) is 18.5. The number of nitrogens with zero attached hydrogens (tertiary/aromatic N) is 6.